The molecular formula is C14H11N3O3. The average molecular weight is 269 g/mol. The lowest BCUT2D eigenvalue weighted by atomic mass is 10.2. The fraction of sp³-hybridized carbons (Fsp3) is 0. The van der Waals surface area contributed by atoms with E-state index in [9.17, 15) is 15.2 Å². The number of phenolic OH excluding ortho intramolecular Hbond substituents is 1. The fourth-order valence-corrected chi connectivity index (χ4v) is 1.51. The SMILES string of the molecule is O=[N+]([O-])c1cccc(/C=N/N=C/c2ccccc2O)c1. The molecule has 6 heteroatoms. The lowest BCUT2D eigenvalue weighted by Crippen LogP contribution is -1.89. The lowest BCUT2D eigenvalue weighted by molar-refractivity contribution is -0.384. The topological polar surface area (TPSA) is 88.1 Å². The minimum atomic E-state index is -0.470. The monoisotopic (exact) mass is 269 g/mol. The van der Waals surface area contributed by atoms with E-state index in [1.165, 1.54) is 24.6 Å². The molecule has 0 aromatic heterocycles. The van der Waals surface area contributed by atoms with Gasteiger partial charge in [-0.25, -0.2) is 0 Å². The number of nitro benzene ring substituents is 1. The van der Waals surface area contributed by atoms with Gasteiger partial charge in [-0.2, -0.15) is 10.2 Å². The molecular weight excluding hydrogens is 258 g/mol. The Kier molecular flexibility index (Phi) is 4.18. The summed E-state index contributed by atoms with van der Waals surface area (Å²) in [5.74, 6) is 0.113. The molecule has 2 rings (SSSR count). The van der Waals surface area contributed by atoms with Gasteiger partial charge in [-0.1, -0.05) is 24.3 Å². The smallest absolute Gasteiger partial charge is 0.270 e. The molecule has 0 amide bonds. The largest absolute Gasteiger partial charge is 0.507 e. The van der Waals surface area contributed by atoms with Crippen molar-refractivity contribution < 1.29 is 10.0 Å². The summed E-state index contributed by atoms with van der Waals surface area (Å²) in [5, 5.41) is 27.7. The molecule has 0 unspecified atom stereocenters. The van der Waals surface area contributed by atoms with Gasteiger partial charge < -0.3 is 5.11 Å². The van der Waals surface area contributed by atoms with E-state index in [0.717, 1.165) is 0 Å². The van der Waals surface area contributed by atoms with Crippen LogP contribution in [0.5, 0.6) is 5.75 Å². The molecule has 0 aliphatic carbocycles. The Bertz CT molecular complexity index is 681. The molecule has 0 radical (unpaired) electrons. The predicted octanol–water partition coefficient (Wildman–Crippen LogP) is 2.75. The first-order valence-corrected chi connectivity index (χ1v) is 5.75. The molecule has 6 nitrogen and oxygen atoms in total. The Morgan fingerprint density at radius 3 is 2.55 bits per heavy atom. The van der Waals surface area contributed by atoms with Crippen LogP contribution in [-0.2, 0) is 0 Å². The molecule has 100 valence electrons. The number of rotatable bonds is 4. The van der Waals surface area contributed by atoms with Gasteiger partial charge in [0, 0.05) is 23.3 Å². The Morgan fingerprint density at radius 1 is 1.05 bits per heavy atom. The van der Waals surface area contributed by atoms with E-state index >= 15 is 0 Å². The number of non-ortho nitro benzene ring substituents is 1. The summed E-state index contributed by atoms with van der Waals surface area (Å²) < 4.78 is 0. The van der Waals surface area contributed by atoms with E-state index < -0.39 is 4.92 Å². The molecule has 0 bridgehead atoms. The van der Waals surface area contributed by atoms with Crippen molar-refractivity contribution in [2.45, 2.75) is 0 Å². The molecule has 0 fully saturated rings. The molecule has 0 saturated carbocycles. The molecule has 0 saturated heterocycles. The van der Waals surface area contributed by atoms with Crippen molar-refractivity contribution >= 4 is 18.1 Å². The second kappa shape index (κ2) is 6.24. The van der Waals surface area contributed by atoms with Crippen molar-refractivity contribution in [2.24, 2.45) is 10.2 Å². The van der Waals surface area contributed by atoms with Gasteiger partial charge in [-0.3, -0.25) is 10.1 Å². The van der Waals surface area contributed by atoms with Gasteiger partial charge in [-0.05, 0) is 12.1 Å². The third kappa shape index (κ3) is 3.49. The zero-order valence-corrected chi connectivity index (χ0v) is 10.4. The van der Waals surface area contributed by atoms with Crippen LogP contribution in [0, 0.1) is 10.1 Å². The summed E-state index contributed by atoms with van der Waals surface area (Å²) in [6, 6.07) is 12.8. The first-order valence-electron chi connectivity index (χ1n) is 5.75. The second-order valence-electron chi connectivity index (χ2n) is 3.90. The Hall–Kier alpha value is -3.02. The highest BCUT2D eigenvalue weighted by Crippen LogP contribution is 2.13. The molecule has 0 aliphatic rings. The Morgan fingerprint density at radius 2 is 1.80 bits per heavy atom. The quantitative estimate of drug-likeness (QED) is 0.525. The van der Waals surface area contributed by atoms with Crippen molar-refractivity contribution in [2.75, 3.05) is 0 Å². The van der Waals surface area contributed by atoms with Gasteiger partial charge >= 0.3 is 0 Å². The Labute approximate surface area is 114 Å². The van der Waals surface area contributed by atoms with E-state index in [2.05, 4.69) is 10.2 Å². The van der Waals surface area contributed by atoms with E-state index in [4.69, 9.17) is 0 Å². The van der Waals surface area contributed by atoms with E-state index in [0.29, 0.717) is 11.1 Å². The van der Waals surface area contributed by atoms with E-state index in [1.54, 1.807) is 36.4 Å². The minimum Gasteiger partial charge on any atom is -0.507 e. The maximum atomic E-state index is 10.6. The summed E-state index contributed by atoms with van der Waals surface area (Å²) in [4.78, 5) is 10.1. The fourth-order valence-electron chi connectivity index (χ4n) is 1.51. The van der Waals surface area contributed by atoms with Crippen LogP contribution in [0.3, 0.4) is 0 Å². The average Bonchev–Trinajstić information content (AvgIpc) is 2.45. The predicted molar refractivity (Wildman–Crippen MR) is 76.4 cm³/mol. The highest BCUT2D eigenvalue weighted by atomic mass is 16.6. The van der Waals surface area contributed by atoms with Crippen LogP contribution in [0.1, 0.15) is 11.1 Å². The number of hydrogen-bond acceptors (Lipinski definition) is 5. The van der Waals surface area contributed by atoms with Crippen molar-refractivity contribution in [1.82, 2.24) is 0 Å². The van der Waals surface area contributed by atoms with Gasteiger partial charge in [0.2, 0.25) is 0 Å². The number of benzene rings is 2. The molecule has 2 aromatic rings. The van der Waals surface area contributed by atoms with Gasteiger partial charge in [0.25, 0.3) is 5.69 Å². The number of phenols is 1. The standard InChI is InChI=1S/C14H11N3O3/c18-14-7-2-1-5-12(14)10-16-15-9-11-4-3-6-13(8-11)17(19)20/h1-10,18H/b15-9+,16-10+. The number of nitrogens with zero attached hydrogens (tertiary/aromatic N) is 3. The normalized spacial score (nSPS) is 11.2. The van der Waals surface area contributed by atoms with Crippen LogP contribution in [0.2, 0.25) is 0 Å². The highest BCUT2D eigenvalue weighted by molar-refractivity contribution is 5.85. The zero-order chi connectivity index (χ0) is 14.4. The van der Waals surface area contributed by atoms with E-state index in [-0.39, 0.29) is 11.4 Å². The maximum absolute atomic E-state index is 10.6. The molecule has 0 spiro atoms. The molecule has 0 heterocycles. The third-order valence-corrected chi connectivity index (χ3v) is 2.49. The Balaban J connectivity index is 2.09. The molecule has 2 aromatic carbocycles. The lowest BCUT2D eigenvalue weighted by Gasteiger charge is -1.95. The minimum absolute atomic E-state index is 0.00127. The zero-order valence-electron chi connectivity index (χ0n) is 10.4. The van der Waals surface area contributed by atoms with Crippen LogP contribution < -0.4 is 0 Å². The maximum Gasteiger partial charge on any atom is 0.270 e. The second-order valence-corrected chi connectivity index (χ2v) is 3.90. The molecule has 0 aliphatic heterocycles. The first-order chi connectivity index (χ1) is 9.66. The first kappa shape index (κ1) is 13.4. The van der Waals surface area contributed by atoms with Crippen LogP contribution >= 0.6 is 0 Å². The van der Waals surface area contributed by atoms with Gasteiger partial charge in [0.05, 0.1) is 17.4 Å². The third-order valence-electron chi connectivity index (χ3n) is 2.49. The van der Waals surface area contributed by atoms with Crippen LogP contribution in [0.15, 0.2) is 58.7 Å². The van der Waals surface area contributed by atoms with Crippen LogP contribution in [-0.4, -0.2) is 22.5 Å². The summed E-state index contributed by atoms with van der Waals surface area (Å²) in [7, 11) is 0. The van der Waals surface area contributed by atoms with Gasteiger partial charge in [0.15, 0.2) is 0 Å². The summed E-state index contributed by atoms with van der Waals surface area (Å²) >= 11 is 0. The molecule has 0 atom stereocenters. The van der Waals surface area contributed by atoms with E-state index in [1.807, 2.05) is 0 Å². The van der Waals surface area contributed by atoms with Gasteiger partial charge in [0.1, 0.15) is 5.75 Å². The number of nitro groups is 1. The van der Waals surface area contributed by atoms with Crippen molar-refractivity contribution in [3.63, 3.8) is 0 Å². The summed E-state index contributed by atoms with van der Waals surface area (Å²) in [5.41, 5.74) is 1.12. The molecule has 1 N–H and O–H groups in total. The molecule has 20 heavy (non-hydrogen) atoms. The van der Waals surface area contributed by atoms with Crippen molar-refractivity contribution in [3.8, 4) is 5.75 Å². The van der Waals surface area contributed by atoms with Crippen molar-refractivity contribution in [1.29, 1.82) is 0 Å². The van der Waals surface area contributed by atoms with Crippen LogP contribution in [0.4, 0.5) is 5.69 Å². The highest BCUT2D eigenvalue weighted by Gasteiger charge is 2.03. The van der Waals surface area contributed by atoms with Crippen molar-refractivity contribution in [3.05, 3.63) is 69.8 Å². The summed E-state index contributed by atoms with van der Waals surface area (Å²) in [6.45, 7) is 0. The number of para-hydroxylation sites is 1. The number of hydrogen-bond donors (Lipinski definition) is 1. The van der Waals surface area contributed by atoms with Gasteiger partial charge in [-0.15, -0.1) is 0 Å². The number of aromatic hydroxyl groups is 1. The summed E-state index contributed by atoms with van der Waals surface area (Å²) in [6.07, 6.45) is 2.81. The van der Waals surface area contributed by atoms with Crippen LogP contribution in [0.25, 0.3) is 0 Å².